The minimum Gasteiger partial charge on any atom is -0.465 e. The monoisotopic (exact) mass is 486 g/mol. The maximum Gasteiger partial charge on any atom is 0.325 e. The lowest BCUT2D eigenvalue weighted by atomic mass is 10.1. The molecule has 1 fully saturated rings. The average Bonchev–Trinajstić information content (AvgIpc) is 3.60. The van der Waals surface area contributed by atoms with Gasteiger partial charge in [0.2, 0.25) is 0 Å². The summed E-state index contributed by atoms with van der Waals surface area (Å²) in [7, 11) is 2.11. The van der Waals surface area contributed by atoms with Crippen molar-refractivity contribution in [3.63, 3.8) is 0 Å². The van der Waals surface area contributed by atoms with E-state index >= 15 is 0 Å². The zero-order valence-electron chi connectivity index (χ0n) is 20.3. The average molecular weight is 487 g/mol. The number of nitrogens with zero attached hydrogens (tertiary/aromatic N) is 5. The fourth-order valence-electron chi connectivity index (χ4n) is 4.67. The van der Waals surface area contributed by atoms with Crippen molar-refractivity contribution in [2.75, 3.05) is 50.0 Å². The predicted molar refractivity (Wildman–Crippen MR) is 138 cm³/mol. The molecule has 0 bridgehead atoms. The molecule has 0 atom stereocenters. The van der Waals surface area contributed by atoms with Gasteiger partial charge in [-0.2, -0.15) is 9.97 Å². The van der Waals surface area contributed by atoms with Crippen molar-refractivity contribution < 1.29 is 13.5 Å². The third-order valence-corrected chi connectivity index (χ3v) is 6.61. The molecule has 0 unspecified atom stereocenters. The second-order valence-corrected chi connectivity index (χ2v) is 9.40. The number of nitrogens with one attached hydrogen (secondary N) is 1. The van der Waals surface area contributed by atoms with Crippen molar-refractivity contribution in [1.29, 1.82) is 0 Å². The minimum absolute atomic E-state index is 0.154. The van der Waals surface area contributed by atoms with Crippen molar-refractivity contribution in [3.8, 4) is 11.8 Å². The summed E-state index contributed by atoms with van der Waals surface area (Å²) in [4.78, 5) is 18.3. The molecule has 0 saturated carbocycles. The molecule has 1 N–H and O–H groups in total. The zero-order chi connectivity index (χ0) is 24.6. The Morgan fingerprint density at radius 1 is 1.08 bits per heavy atom. The Bertz CT molecular complexity index is 1390. The third kappa shape index (κ3) is 4.61. The Hall–Kier alpha value is -3.98. The zero-order valence-corrected chi connectivity index (χ0v) is 20.3. The molecule has 0 amide bonds. The summed E-state index contributed by atoms with van der Waals surface area (Å²) in [6.07, 6.45) is 6.21. The first-order valence-corrected chi connectivity index (χ1v) is 12.1. The molecule has 184 valence electrons. The summed E-state index contributed by atoms with van der Waals surface area (Å²) in [5.41, 5.74) is 3.66. The lowest BCUT2D eigenvalue weighted by Gasteiger charge is -2.33. The van der Waals surface area contributed by atoms with Crippen molar-refractivity contribution in [2.24, 2.45) is 4.99 Å². The Kier molecular flexibility index (Phi) is 5.77. The van der Waals surface area contributed by atoms with Gasteiger partial charge in [-0.15, -0.1) is 0 Å². The third-order valence-electron chi connectivity index (χ3n) is 6.61. The topological polar surface area (TPSA) is 79.0 Å². The van der Waals surface area contributed by atoms with Crippen LogP contribution in [0.4, 0.5) is 16.0 Å². The van der Waals surface area contributed by atoms with Gasteiger partial charge in [0.15, 0.2) is 0 Å². The van der Waals surface area contributed by atoms with Crippen LogP contribution in [0.25, 0.3) is 11.6 Å². The molecular weight excluding hydrogens is 459 g/mol. The molecule has 1 aromatic carbocycles. The van der Waals surface area contributed by atoms with Crippen molar-refractivity contribution in [2.45, 2.75) is 13.3 Å². The van der Waals surface area contributed by atoms with Gasteiger partial charge in [-0.25, -0.2) is 4.39 Å². The highest BCUT2D eigenvalue weighted by Gasteiger charge is 2.21. The van der Waals surface area contributed by atoms with Crippen LogP contribution in [0.3, 0.4) is 0 Å². The summed E-state index contributed by atoms with van der Waals surface area (Å²) in [5, 5.41) is 3.29. The number of aliphatic imine (C=N–C) groups is 1. The van der Waals surface area contributed by atoms with E-state index in [1.807, 2.05) is 43.3 Å². The molecule has 4 heterocycles. The molecule has 2 aromatic heterocycles. The maximum atomic E-state index is 14.7. The smallest absolute Gasteiger partial charge is 0.325 e. The number of hydrogen-bond donors (Lipinski definition) is 1. The Morgan fingerprint density at radius 2 is 1.94 bits per heavy atom. The largest absolute Gasteiger partial charge is 0.465 e. The second kappa shape index (κ2) is 9.23. The van der Waals surface area contributed by atoms with Crippen LogP contribution in [0, 0.1) is 5.82 Å². The number of piperazine rings is 1. The van der Waals surface area contributed by atoms with Crippen molar-refractivity contribution in [1.82, 2.24) is 14.9 Å². The molecule has 8 nitrogen and oxygen atoms in total. The number of halogens is 1. The summed E-state index contributed by atoms with van der Waals surface area (Å²) in [5.74, 6) is 2.88. The Morgan fingerprint density at radius 3 is 2.75 bits per heavy atom. The quantitative estimate of drug-likeness (QED) is 0.564. The Balaban J connectivity index is 1.29. The minimum atomic E-state index is -0.278. The van der Waals surface area contributed by atoms with Gasteiger partial charge in [-0.1, -0.05) is 11.6 Å². The molecular formula is C27H27FN6O2. The van der Waals surface area contributed by atoms with Gasteiger partial charge in [0, 0.05) is 43.9 Å². The van der Waals surface area contributed by atoms with Crippen molar-refractivity contribution >= 4 is 29.1 Å². The molecule has 9 heteroatoms. The second-order valence-electron chi connectivity index (χ2n) is 9.40. The van der Waals surface area contributed by atoms with E-state index in [9.17, 15) is 4.39 Å². The van der Waals surface area contributed by atoms with Gasteiger partial charge in [0.25, 0.3) is 0 Å². The molecule has 36 heavy (non-hydrogen) atoms. The number of benzene rings is 1. The van der Waals surface area contributed by atoms with E-state index in [0.29, 0.717) is 35.9 Å². The normalized spacial score (nSPS) is 17.5. The number of furan rings is 1. The van der Waals surface area contributed by atoms with Crippen LogP contribution in [-0.2, 0) is 6.42 Å². The molecule has 1 saturated heterocycles. The number of amidine groups is 1. The summed E-state index contributed by atoms with van der Waals surface area (Å²) in [6.45, 7) is 6.08. The maximum absolute atomic E-state index is 14.7. The highest BCUT2D eigenvalue weighted by molar-refractivity contribution is 6.10. The number of rotatable bonds is 5. The fourth-order valence-corrected chi connectivity index (χ4v) is 4.67. The first-order chi connectivity index (χ1) is 17.5. The van der Waals surface area contributed by atoms with E-state index in [4.69, 9.17) is 9.15 Å². The van der Waals surface area contributed by atoms with Gasteiger partial charge in [-0.05, 0) is 55.8 Å². The van der Waals surface area contributed by atoms with Gasteiger partial charge in [0.1, 0.15) is 34.8 Å². The summed E-state index contributed by atoms with van der Waals surface area (Å²) in [6, 6.07) is 9.07. The number of hydrogen-bond acceptors (Lipinski definition) is 8. The highest BCUT2D eigenvalue weighted by atomic mass is 19.1. The molecule has 3 aliphatic rings. The van der Waals surface area contributed by atoms with Crippen LogP contribution in [-0.4, -0.2) is 60.5 Å². The molecule has 1 aliphatic carbocycles. The number of aromatic nitrogens is 2. The molecule has 3 aromatic rings. The van der Waals surface area contributed by atoms with E-state index in [-0.39, 0.29) is 11.8 Å². The van der Waals surface area contributed by atoms with Gasteiger partial charge in [0.05, 0.1) is 12.8 Å². The predicted octanol–water partition coefficient (Wildman–Crippen LogP) is 4.62. The van der Waals surface area contributed by atoms with Crippen molar-refractivity contribution in [3.05, 3.63) is 70.9 Å². The number of ether oxygens (including phenoxy) is 1. The number of allylic oxidation sites excluding steroid dienone is 1. The van der Waals surface area contributed by atoms with Gasteiger partial charge < -0.3 is 24.3 Å². The van der Waals surface area contributed by atoms with Crippen LogP contribution in [0.2, 0.25) is 0 Å². The van der Waals surface area contributed by atoms with E-state index in [2.05, 4.69) is 37.1 Å². The SMILES string of the molecule is CC1=Cc2cc(Oc3nc(NC4=NCC(c5ccco5)=C4)cc(N4CCN(C)CC4)n3)cc(F)c2C1. The molecule has 6 rings (SSSR count). The van der Waals surface area contributed by atoms with Gasteiger partial charge in [-0.3, -0.25) is 4.99 Å². The van der Waals surface area contributed by atoms with Gasteiger partial charge >= 0.3 is 6.01 Å². The lowest BCUT2D eigenvalue weighted by molar-refractivity contribution is 0.311. The first kappa shape index (κ1) is 22.5. The summed E-state index contributed by atoms with van der Waals surface area (Å²) < 4.78 is 26.2. The molecule has 0 spiro atoms. The molecule has 0 radical (unpaired) electrons. The summed E-state index contributed by atoms with van der Waals surface area (Å²) >= 11 is 0. The highest BCUT2D eigenvalue weighted by Crippen LogP contribution is 2.33. The van der Waals surface area contributed by atoms with E-state index in [1.165, 1.54) is 6.07 Å². The Labute approximate surface area is 208 Å². The van der Waals surface area contributed by atoms with Crippen LogP contribution in [0.15, 0.2) is 57.7 Å². The number of anilines is 2. The van der Waals surface area contributed by atoms with Crippen LogP contribution < -0.4 is 15.0 Å². The number of fused-ring (bicyclic) bond motifs is 1. The van der Waals surface area contributed by atoms with Crippen LogP contribution in [0.5, 0.6) is 11.8 Å². The van der Waals surface area contributed by atoms with E-state index < -0.39 is 0 Å². The lowest BCUT2D eigenvalue weighted by Crippen LogP contribution is -2.44. The van der Waals surface area contributed by atoms with Crippen LogP contribution in [0.1, 0.15) is 23.8 Å². The molecule has 2 aliphatic heterocycles. The van der Waals surface area contributed by atoms with E-state index in [1.54, 1.807) is 6.26 Å². The number of likely N-dealkylation sites (N-methyl/N-ethyl adjacent to an activating group) is 1. The van der Waals surface area contributed by atoms with Crippen LogP contribution >= 0.6 is 0 Å². The van der Waals surface area contributed by atoms with E-state index in [0.717, 1.165) is 54.5 Å². The standard InChI is InChI=1S/C27H27FN6O2/c1-17-10-18-12-20(14-22(28)21(18)11-17)36-27-31-25(15-26(32-27)34-7-5-33(2)6-8-34)30-24-13-19(16-29-24)23-4-3-9-35-23/h3-4,9-10,12-15H,5-8,11,16H2,1-2H3,(H,29,30,31,32). The first-order valence-electron chi connectivity index (χ1n) is 12.1. The fraction of sp³-hybridized carbons (Fsp3) is 0.296.